The first-order chi connectivity index (χ1) is 21.6. The first kappa shape index (κ1) is 34.4. The van der Waals surface area contributed by atoms with Gasteiger partial charge in [-0.25, -0.2) is 0 Å². The SMILES string of the molecule is COc1cc(-c2ccc(OCCOCCOCC(C)OCC3CO3)cc2)ccc1OCCOCCOCC(C)OCC1CO1. The maximum absolute atomic E-state index is 5.89. The Morgan fingerprint density at radius 2 is 1.11 bits per heavy atom. The first-order valence-corrected chi connectivity index (χ1v) is 15.4. The van der Waals surface area contributed by atoms with Crippen molar-refractivity contribution in [2.24, 2.45) is 0 Å². The molecule has 0 radical (unpaired) electrons. The molecule has 0 amide bonds. The van der Waals surface area contributed by atoms with E-state index in [1.54, 1.807) is 7.11 Å². The lowest BCUT2D eigenvalue weighted by Gasteiger charge is -2.14. The van der Waals surface area contributed by atoms with Crippen LogP contribution in [0.3, 0.4) is 0 Å². The van der Waals surface area contributed by atoms with Crippen molar-refractivity contribution in [2.45, 2.75) is 38.3 Å². The molecule has 2 heterocycles. The average molecular weight is 621 g/mol. The number of rotatable bonds is 26. The van der Waals surface area contributed by atoms with E-state index in [1.807, 2.05) is 56.3 Å². The van der Waals surface area contributed by atoms with E-state index in [0.717, 1.165) is 30.1 Å². The van der Waals surface area contributed by atoms with Crippen molar-refractivity contribution >= 4 is 0 Å². The third-order valence-electron chi connectivity index (χ3n) is 6.72. The van der Waals surface area contributed by atoms with Gasteiger partial charge in [0, 0.05) is 0 Å². The van der Waals surface area contributed by atoms with E-state index in [-0.39, 0.29) is 24.4 Å². The molecule has 2 fully saturated rings. The van der Waals surface area contributed by atoms with Crippen molar-refractivity contribution in [2.75, 3.05) is 99.6 Å². The van der Waals surface area contributed by atoms with Gasteiger partial charge in [0.1, 0.15) is 31.2 Å². The van der Waals surface area contributed by atoms with E-state index in [2.05, 4.69) is 0 Å². The molecule has 0 aliphatic carbocycles. The molecule has 4 atom stereocenters. The summed E-state index contributed by atoms with van der Waals surface area (Å²) in [5.74, 6) is 2.11. The smallest absolute Gasteiger partial charge is 0.161 e. The quantitative estimate of drug-likeness (QED) is 0.113. The van der Waals surface area contributed by atoms with Gasteiger partial charge in [-0.3, -0.25) is 0 Å². The van der Waals surface area contributed by atoms with Gasteiger partial charge in [-0.2, -0.15) is 0 Å². The van der Waals surface area contributed by atoms with Gasteiger partial charge in [0.2, 0.25) is 0 Å². The van der Waals surface area contributed by atoms with E-state index in [1.165, 1.54) is 0 Å². The zero-order chi connectivity index (χ0) is 30.8. The molecule has 0 saturated carbocycles. The molecular weight excluding hydrogens is 572 g/mol. The van der Waals surface area contributed by atoms with Crippen LogP contribution in [0.15, 0.2) is 42.5 Å². The average Bonchev–Trinajstić information content (AvgIpc) is 3.98. The Hall–Kier alpha value is -2.48. The number of benzene rings is 2. The van der Waals surface area contributed by atoms with Crippen LogP contribution in [0, 0.1) is 0 Å². The third-order valence-corrected chi connectivity index (χ3v) is 6.72. The van der Waals surface area contributed by atoms with Gasteiger partial charge in [-0.05, 0) is 49.2 Å². The van der Waals surface area contributed by atoms with E-state index in [4.69, 9.17) is 52.1 Å². The van der Waals surface area contributed by atoms with Crippen LogP contribution in [0.5, 0.6) is 17.2 Å². The normalized spacial score (nSPS) is 18.5. The molecule has 2 saturated heterocycles. The minimum atomic E-state index is 0.0411. The molecule has 0 bridgehead atoms. The van der Waals surface area contributed by atoms with Crippen LogP contribution in [0.2, 0.25) is 0 Å². The van der Waals surface area contributed by atoms with Crippen molar-refractivity contribution in [1.29, 1.82) is 0 Å². The lowest BCUT2D eigenvalue weighted by Crippen LogP contribution is -2.20. The van der Waals surface area contributed by atoms with Crippen molar-refractivity contribution in [3.63, 3.8) is 0 Å². The number of hydrogen-bond acceptors (Lipinski definition) is 11. The molecule has 0 aromatic heterocycles. The van der Waals surface area contributed by atoms with Gasteiger partial charge < -0.3 is 52.1 Å². The maximum atomic E-state index is 5.89. The number of hydrogen-bond donors (Lipinski definition) is 0. The summed E-state index contributed by atoms with van der Waals surface area (Å²) in [6.45, 7) is 11.8. The van der Waals surface area contributed by atoms with Crippen LogP contribution >= 0.6 is 0 Å². The summed E-state index contributed by atoms with van der Waals surface area (Å²) in [6, 6.07) is 13.8. The molecule has 0 N–H and O–H groups in total. The molecule has 11 heteroatoms. The monoisotopic (exact) mass is 620 g/mol. The minimum Gasteiger partial charge on any atom is -0.493 e. The highest BCUT2D eigenvalue weighted by atomic mass is 16.6. The van der Waals surface area contributed by atoms with Crippen molar-refractivity contribution in [1.82, 2.24) is 0 Å². The Morgan fingerprint density at radius 1 is 0.614 bits per heavy atom. The van der Waals surface area contributed by atoms with E-state index < -0.39 is 0 Å². The van der Waals surface area contributed by atoms with Gasteiger partial charge in [0.25, 0.3) is 0 Å². The van der Waals surface area contributed by atoms with Crippen molar-refractivity contribution in [3.05, 3.63) is 42.5 Å². The lowest BCUT2D eigenvalue weighted by molar-refractivity contribution is -0.0287. The molecular formula is C33H48O11. The molecule has 4 unspecified atom stereocenters. The largest absolute Gasteiger partial charge is 0.493 e. The summed E-state index contributed by atoms with van der Waals surface area (Å²) < 4.78 is 61.2. The van der Waals surface area contributed by atoms with Gasteiger partial charge >= 0.3 is 0 Å². The van der Waals surface area contributed by atoms with Gasteiger partial charge in [-0.1, -0.05) is 18.2 Å². The van der Waals surface area contributed by atoms with Crippen LogP contribution in [0.25, 0.3) is 11.1 Å². The molecule has 11 nitrogen and oxygen atoms in total. The predicted molar refractivity (Wildman–Crippen MR) is 163 cm³/mol. The van der Waals surface area contributed by atoms with Gasteiger partial charge in [-0.15, -0.1) is 0 Å². The van der Waals surface area contributed by atoms with Crippen molar-refractivity contribution < 1.29 is 52.1 Å². The Kier molecular flexibility index (Phi) is 15.5. The second-order valence-corrected chi connectivity index (χ2v) is 10.7. The molecule has 0 spiro atoms. The molecule has 2 aromatic carbocycles. The molecule has 44 heavy (non-hydrogen) atoms. The number of epoxide rings is 2. The van der Waals surface area contributed by atoms with E-state index >= 15 is 0 Å². The van der Waals surface area contributed by atoms with E-state index in [9.17, 15) is 0 Å². The van der Waals surface area contributed by atoms with Crippen LogP contribution in [0.4, 0.5) is 0 Å². The molecule has 246 valence electrons. The van der Waals surface area contributed by atoms with E-state index in [0.29, 0.717) is 90.8 Å². The summed E-state index contributed by atoms with van der Waals surface area (Å²) in [5, 5.41) is 0. The third kappa shape index (κ3) is 14.1. The zero-order valence-electron chi connectivity index (χ0n) is 26.2. The second kappa shape index (κ2) is 19.8. The van der Waals surface area contributed by atoms with Crippen molar-refractivity contribution in [3.8, 4) is 28.4 Å². The second-order valence-electron chi connectivity index (χ2n) is 10.7. The molecule has 2 aliphatic rings. The van der Waals surface area contributed by atoms with Crippen LogP contribution in [0.1, 0.15) is 13.8 Å². The standard InChI is InChI=1S/C33H48O11/c1-25(41-21-30-23-43-30)19-37-12-10-35-14-16-39-29-7-4-27(5-8-29)28-6-9-32(33(18-28)34-3)40-17-15-36-11-13-38-20-26(2)42-22-31-24-44-31/h4-9,18,25-26,30-31H,10-17,19-24H2,1-3H3. The summed E-state index contributed by atoms with van der Waals surface area (Å²) in [6.07, 6.45) is 0.631. The molecule has 2 aliphatic heterocycles. The summed E-state index contributed by atoms with van der Waals surface area (Å²) in [4.78, 5) is 0. The zero-order valence-corrected chi connectivity index (χ0v) is 26.2. The Balaban J connectivity index is 1.03. The number of methoxy groups -OCH3 is 1. The van der Waals surface area contributed by atoms with Crippen LogP contribution < -0.4 is 14.2 Å². The first-order valence-electron chi connectivity index (χ1n) is 15.4. The highest BCUT2D eigenvalue weighted by Gasteiger charge is 2.24. The Bertz CT molecular complexity index is 1040. The summed E-state index contributed by atoms with van der Waals surface area (Å²) in [5.41, 5.74) is 2.06. The topological polar surface area (TPSA) is 108 Å². The predicted octanol–water partition coefficient (Wildman–Crippen LogP) is 3.79. The fourth-order valence-electron chi connectivity index (χ4n) is 4.05. The Morgan fingerprint density at radius 3 is 1.66 bits per heavy atom. The minimum absolute atomic E-state index is 0.0411. The molecule has 4 rings (SSSR count). The van der Waals surface area contributed by atoms with Crippen LogP contribution in [-0.4, -0.2) is 124 Å². The Labute approximate surface area is 260 Å². The number of ether oxygens (including phenoxy) is 11. The fourth-order valence-corrected chi connectivity index (χ4v) is 4.05. The highest BCUT2D eigenvalue weighted by molar-refractivity contribution is 5.67. The fraction of sp³-hybridized carbons (Fsp3) is 0.636. The highest BCUT2D eigenvalue weighted by Crippen LogP contribution is 2.33. The maximum Gasteiger partial charge on any atom is 0.161 e. The molecule has 2 aromatic rings. The van der Waals surface area contributed by atoms with Gasteiger partial charge in [0.05, 0.1) is 98.6 Å². The summed E-state index contributed by atoms with van der Waals surface area (Å²) >= 11 is 0. The summed E-state index contributed by atoms with van der Waals surface area (Å²) in [7, 11) is 1.63. The lowest BCUT2D eigenvalue weighted by atomic mass is 10.1. The van der Waals surface area contributed by atoms with Gasteiger partial charge in [0.15, 0.2) is 11.5 Å². The van der Waals surface area contributed by atoms with Crippen LogP contribution in [-0.2, 0) is 37.9 Å².